The van der Waals surface area contributed by atoms with Crippen LogP contribution in [-0.4, -0.2) is 0 Å². The number of hydrogen-bond donors (Lipinski definition) is 1. The van der Waals surface area contributed by atoms with Crippen molar-refractivity contribution >= 4 is 16.7 Å². The Bertz CT molecular complexity index is 1050. The summed E-state index contributed by atoms with van der Waals surface area (Å²) in [5, 5.41) is 0.981. The maximum atomic E-state index is 11.7. The number of aryl methyl sites for hydroxylation is 1. The van der Waals surface area contributed by atoms with E-state index in [2.05, 4.69) is 31.2 Å². The molecule has 0 amide bonds. The molecule has 4 rings (SSSR count). The molecule has 2 aliphatic rings. The number of fused-ring (bicyclic) bond motifs is 2. The molecule has 0 aromatic heterocycles. The third-order valence-electron chi connectivity index (χ3n) is 4.06. The summed E-state index contributed by atoms with van der Waals surface area (Å²) < 4.78 is 5.91. The largest absolute Gasteiger partial charge is 0.456 e. The van der Waals surface area contributed by atoms with Crippen LogP contribution in [0.25, 0.3) is 33.4 Å². The molecule has 0 radical (unpaired) electrons. The number of nitrogens with two attached hydrogens (primary N) is 1. The Kier molecular flexibility index (Phi) is 2.95. The van der Waals surface area contributed by atoms with Gasteiger partial charge in [0, 0.05) is 34.3 Å². The summed E-state index contributed by atoms with van der Waals surface area (Å²) in [6, 6.07) is 18.9. The molecule has 0 atom stereocenters. The van der Waals surface area contributed by atoms with Crippen LogP contribution in [0, 0.1) is 6.92 Å². The molecule has 2 aromatic carbocycles. The van der Waals surface area contributed by atoms with Gasteiger partial charge in [0.05, 0.1) is 0 Å². The lowest BCUT2D eigenvalue weighted by atomic mass is 9.93. The highest BCUT2D eigenvalue weighted by Crippen LogP contribution is 2.40. The number of rotatable bonds is 1. The van der Waals surface area contributed by atoms with Crippen LogP contribution in [0.1, 0.15) is 5.56 Å². The van der Waals surface area contributed by atoms with Crippen molar-refractivity contribution in [1.82, 2.24) is 0 Å². The van der Waals surface area contributed by atoms with E-state index in [1.807, 2.05) is 18.2 Å². The van der Waals surface area contributed by atoms with E-state index in [9.17, 15) is 4.79 Å². The Labute approximate surface area is 133 Å². The second kappa shape index (κ2) is 4.99. The zero-order chi connectivity index (χ0) is 16.0. The monoisotopic (exact) mass is 301 g/mol. The first-order valence-electron chi connectivity index (χ1n) is 7.45. The van der Waals surface area contributed by atoms with Crippen LogP contribution in [0.15, 0.2) is 69.9 Å². The van der Waals surface area contributed by atoms with Crippen LogP contribution in [0.5, 0.6) is 0 Å². The standard InChI is InChI=1S/C20H15NO2/c1-12-2-4-13(5-3-12)20-16-8-6-14(21)10-18(16)23-19-11-15(22)7-9-17(19)20/h2-11H,21H2,1H3. The minimum Gasteiger partial charge on any atom is -0.456 e. The summed E-state index contributed by atoms with van der Waals surface area (Å²) in [6.07, 6.45) is 0. The summed E-state index contributed by atoms with van der Waals surface area (Å²) in [6.45, 7) is 2.06. The third kappa shape index (κ3) is 2.27. The maximum absolute atomic E-state index is 11.7. The maximum Gasteiger partial charge on any atom is 0.182 e. The predicted octanol–water partition coefficient (Wildman–Crippen LogP) is 4.46. The topological polar surface area (TPSA) is 56.2 Å². The van der Waals surface area contributed by atoms with E-state index in [1.54, 1.807) is 12.1 Å². The highest BCUT2D eigenvalue weighted by molar-refractivity contribution is 6.02. The zero-order valence-corrected chi connectivity index (χ0v) is 12.7. The minimum absolute atomic E-state index is 0.0700. The lowest BCUT2D eigenvalue weighted by Crippen LogP contribution is -2.00. The highest BCUT2D eigenvalue weighted by atomic mass is 16.3. The molecular weight excluding hydrogens is 286 g/mol. The fraction of sp³-hybridized carbons (Fsp3) is 0.0500. The van der Waals surface area contributed by atoms with Gasteiger partial charge < -0.3 is 10.2 Å². The van der Waals surface area contributed by atoms with E-state index in [0.29, 0.717) is 17.0 Å². The van der Waals surface area contributed by atoms with Gasteiger partial charge in [0.2, 0.25) is 0 Å². The smallest absolute Gasteiger partial charge is 0.182 e. The first-order valence-corrected chi connectivity index (χ1v) is 7.45. The summed E-state index contributed by atoms with van der Waals surface area (Å²) in [5.41, 5.74) is 11.4. The third-order valence-corrected chi connectivity index (χ3v) is 4.06. The van der Waals surface area contributed by atoms with Crippen molar-refractivity contribution in [1.29, 1.82) is 0 Å². The summed E-state index contributed by atoms with van der Waals surface area (Å²) in [4.78, 5) is 11.7. The zero-order valence-electron chi connectivity index (χ0n) is 12.7. The summed E-state index contributed by atoms with van der Waals surface area (Å²) in [5.74, 6) is 0.575. The van der Waals surface area contributed by atoms with Crippen molar-refractivity contribution in [2.24, 2.45) is 0 Å². The molecule has 23 heavy (non-hydrogen) atoms. The van der Waals surface area contributed by atoms with E-state index < -0.39 is 0 Å². The average Bonchev–Trinajstić information content (AvgIpc) is 2.53. The van der Waals surface area contributed by atoms with E-state index >= 15 is 0 Å². The Morgan fingerprint density at radius 2 is 1.70 bits per heavy atom. The number of hydrogen-bond acceptors (Lipinski definition) is 3. The van der Waals surface area contributed by atoms with Crippen LogP contribution in [0.3, 0.4) is 0 Å². The van der Waals surface area contributed by atoms with Gasteiger partial charge in [-0.1, -0.05) is 29.8 Å². The van der Waals surface area contributed by atoms with Crippen LogP contribution in [-0.2, 0) is 0 Å². The fourth-order valence-corrected chi connectivity index (χ4v) is 2.92. The van der Waals surface area contributed by atoms with Gasteiger partial charge in [-0.05, 0) is 36.8 Å². The molecule has 3 heteroatoms. The molecule has 0 spiro atoms. The molecule has 0 unspecified atom stereocenters. The summed E-state index contributed by atoms with van der Waals surface area (Å²) in [7, 11) is 0. The van der Waals surface area contributed by atoms with Gasteiger partial charge >= 0.3 is 0 Å². The molecule has 112 valence electrons. The van der Waals surface area contributed by atoms with Crippen molar-refractivity contribution in [3.63, 3.8) is 0 Å². The molecule has 1 aliphatic carbocycles. The summed E-state index contributed by atoms with van der Waals surface area (Å²) >= 11 is 0. The normalized spacial score (nSPS) is 11.2. The van der Waals surface area contributed by atoms with Gasteiger partial charge in [0.1, 0.15) is 11.3 Å². The molecule has 0 fully saturated rings. The van der Waals surface area contributed by atoms with Crippen molar-refractivity contribution in [3.8, 4) is 22.5 Å². The first kappa shape index (κ1) is 13.6. The number of benzene rings is 3. The molecular formula is C20H15NO2. The first-order chi connectivity index (χ1) is 11.1. The molecule has 2 aromatic rings. The quantitative estimate of drug-likeness (QED) is 0.417. The molecule has 2 N–H and O–H groups in total. The lowest BCUT2D eigenvalue weighted by Gasteiger charge is -2.15. The van der Waals surface area contributed by atoms with Crippen LogP contribution < -0.4 is 11.2 Å². The van der Waals surface area contributed by atoms with E-state index in [4.69, 9.17) is 10.2 Å². The predicted molar refractivity (Wildman–Crippen MR) is 93.7 cm³/mol. The molecule has 1 aliphatic heterocycles. The van der Waals surface area contributed by atoms with Gasteiger partial charge in [-0.2, -0.15) is 0 Å². The Morgan fingerprint density at radius 3 is 2.48 bits per heavy atom. The molecule has 0 saturated carbocycles. The van der Waals surface area contributed by atoms with Gasteiger partial charge in [-0.15, -0.1) is 0 Å². The highest BCUT2D eigenvalue weighted by Gasteiger charge is 2.17. The lowest BCUT2D eigenvalue weighted by molar-refractivity contribution is 0.619. The Morgan fingerprint density at radius 1 is 0.913 bits per heavy atom. The second-order valence-electron chi connectivity index (χ2n) is 5.76. The molecule has 0 bridgehead atoms. The van der Waals surface area contributed by atoms with Crippen molar-refractivity contribution < 1.29 is 4.42 Å². The van der Waals surface area contributed by atoms with E-state index in [1.165, 1.54) is 11.6 Å². The van der Waals surface area contributed by atoms with E-state index in [-0.39, 0.29) is 5.43 Å². The van der Waals surface area contributed by atoms with Gasteiger partial charge in [-0.3, -0.25) is 4.79 Å². The Hall–Kier alpha value is -3.07. The van der Waals surface area contributed by atoms with Gasteiger partial charge in [-0.25, -0.2) is 0 Å². The van der Waals surface area contributed by atoms with Crippen LogP contribution >= 0.6 is 0 Å². The number of nitrogen functional groups attached to an aromatic ring is 1. The van der Waals surface area contributed by atoms with Crippen molar-refractivity contribution in [2.45, 2.75) is 6.92 Å². The minimum atomic E-state index is -0.0700. The Balaban J connectivity index is 2.17. The van der Waals surface area contributed by atoms with Crippen LogP contribution in [0.2, 0.25) is 0 Å². The van der Waals surface area contributed by atoms with Crippen molar-refractivity contribution in [3.05, 3.63) is 76.5 Å². The average molecular weight is 301 g/mol. The fourth-order valence-electron chi connectivity index (χ4n) is 2.92. The molecule has 1 heterocycles. The van der Waals surface area contributed by atoms with Crippen molar-refractivity contribution in [2.75, 3.05) is 5.73 Å². The van der Waals surface area contributed by atoms with Gasteiger partial charge in [0.25, 0.3) is 0 Å². The van der Waals surface area contributed by atoms with Crippen LogP contribution in [0.4, 0.5) is 5.69 Å². The number of anilines is 1. The SMILES string of the molecule is Cc1ccc(-c2c3ccc(=O)cc-3oc3cc(N)ccc23)cc1. The van der Waals surface area contributed by atoms with E-state index in [0.717, 1.165) is 22.1 Å². The molecule has 0 saturated heterocycles. The van der Waals surface area contributed by atoms with Gasteiger partial charge in [0.15, 0.2) is 5.43 Å². The molecule has 3 nitrogen and oxygen atoms in total. The second-order valence-corrected chi connectivity index (χ2v) is 5.76.